The zero-order chi connectivity index (χ0) is 25.3. The first-order valence-corrected chi connectivity index (χ1v) is 11.9. The van der Waals surface area contributed by atoms with E-state index in [1.165, 1.54) is 24.0 Å². The molecule has 1 aliphatic carbocycles. The fourth-order valence-corrected chi connectivity index (χ4v) is 5.60. The lowest BCUT2D eigenvalue weighted by atomic mass is 9.56. The summed E-state index contributed by atoms with van der Waals surface area (Å²) in [6.07, 6.45) is 8.23. The van der Waals surface area contributed by atoms with E-state index in [-0.39, 0.29) is 30.7 Å². The van der Waals surface area contributed by atoms with Gasteiger partial charge < -0.3 is 29.4 Å². The number of rotatable bonds is 2. The van der Waals surface area contributed by atoms with E-state index in [4.69, 9.17) is 14.3 Å². The number of amides is 3. The summed E-state index contributed by atoms with van der Waals surface area (Å²) in [6, 6.07) is 2.28. The first kappa shape index (κ1) is 27.4. The lowest BCUT2D eigenvalue weighted by Gasteiger charge is -2.60. The van der Waals surface area contributed by atoms with Gasteiger partial charge in [-0.05, 0) is 49.7 Å². The Labute approximate surface area is 202 Å². The van der Waals surface area contributed by atoms with Crippen molar-refractivity contribution in [2.45, 2.75) is 58.6 Å². The minimum atomic E-state index is -0.0808. The number of pyridine rings is 1. The average molecular weight is 475 g/mol. The molecule has 3 saturated heterocycles. The lowest BCUT2D eigenvalue weighted by molar-refractivity contribution is -0.140. The van der Waals surface area contributed by atoms with Crippen molar-refractivity contribution in [2.75, 3.05) is 32.8 Å². The Morgan fingerprint density at radius 2 is 1.85 bits per heavy atom. The number of likely N-dealkylation sites (tertiary alicyclic amines) is 2. The van der Waals surface area contributed by atoms with Gasteiger partial charge in [-0.2, -0.15) is 0 Å². The smallest absolute Gasteiger partial charge is 0.320 e. The average Bonchev–Trinajstić information content (AvgIpc) is 2.83. The molecule has 3 amide bonds. The van der Waals surface area contributed by atoms with Gasteiger partial charge in [0.15, 0.2) is 0 Å². The molecule has 1 aromatic rings. The maximum atomic E-state index is 12.9. The van der Waals surface area contributed by atoms with Crippen LogP contribution in [-0.2, 0) is 25.5 Å². The number of carbonyl (C=O) groups is 4. The number of urea groups is 1. The Bertz CT molecular complexity index is 819. The molecule has 1 spiro atoms. The van der Waals surface area contributed by atoms with Gasteiger partial charge >= 0.3 is 6.03 Å². The van der Waals surface area contributed by atoms with Gasteiger partial charge in [-0.25, -0.2) is 4.79 Å². The molecule has 3 aliphatic heterocycles. The van der Waals surface area contributed by atoms with Crippen molar-refractivity contribution < 1.29 is 23.9 Å². The van der Waals surface area contributed by atoms with Crippen LogP contribution in [0.3, 0.4) is 0 Å². The quantitative estimate of drug-likeness (QED) is 0.702. The summed E-state index contributed by atoms with van der Waals surface area (Å²) in [6.45, 7) is 13.2. The Morgan fingerprint density at radius 3 is 2.50 bits per heavy atom. The first-order chi connectivity index (χ1) is 16.5. The third kappa shape index (κ3) is 6.20. The minimum Gasteiger partial charge on any atom is -0.366 e. The van der Waals surface area contributed by atoms with Gasteiger partial charge in [0.1, 0.15) is 20.2 Å². The molecular weight excluding hydrogens is 436 g/mol. The molecule has 0 unspecified atom stereocenters. The zero-order valence-electron chi connectivity index (χ0n) is 20.6. The van der Waals surface area contributed by atoms with Gasteiger partial charge in [0, 0.05) is 44.0 Å². The monoisotopic (exact) mass is 474 g/mol. The predicted molar refractivity (Wildman–Crippen MR) is 128 cm³/mol. The molecule has 1 aromatic heterocycles. The van der Waals surface area contributed by atoms with E-state index in [9.17, 15) is 9.59 Å². The summed E-state index contributed by atoms with van der Waals surface area (Å²) in [5, 5.41) is 2.97. The highest BCUT2D eigenvalue weighted by Gasteiger charge is 2.54. The van der Waals surface area contributed by atoms with Crippen LogP contribution in [0.25, 0.3) is 0 Å². The predicted octanol–water partition coefficient (Wildman–Crippen LogP) is 2.01. The van der Waals surface area contributed by atoms with Crippen LogP contribution in [0.1, 0.15) is 44.2 Å². The number of nitrogens with zero attached hydrogens (tertiary/aromatic N) is 3. The van der Waals surface area contributed by atoms with Crippen LogP contribution in [0.5, 0.6) is 0 Å². The number of hydrogen-bond acceptors (Lipinski definition) is 6. The van der Waals surface area contributed by atoms with Crippen LogP contribution in [0.15, 0.2) is 18.5 Å². The fourth-order valence-electron chi connectivity index (χ4n) is 5.60. The molecule has 1 saturated carbocycles. The van der Waals surface area contributed by atoms with Gasteiger partial charge in [0.2, 0.25) is 5.91 Å². The van der Waals surface area contributed by atoms with E-state index in [1.54, 1.807) is 0 Å². The number of hydrogen-bond donors (Lipinski definition) is 1. The number of piperidine rings is 1. The van der Waals surface area contributed by atoms with Crippen molar-refractivity contribution in [2.24, 2.45) is 11.3 Å². The van der Waals surface area contributed by atoms with E-state index in [1.807, 2.05) is 49.6 Å². The summed E-state index contributed by atoms with van der Waals surface area (Å²) in [5.41, 5.74) is 2.89. The number of fused-ring (bicyclic) bond motifs is 1. The number of ether oxygens (including phenoxy) is 1. The molecule has 0 bridgehead atoms. The zero-order valence-corrected chi connectivity index (χ0v) is 20.6. The molecule has 1 N–H and O–H groups in total. The Kier molecular flexibility index (Phi) is 10.2. The standard InChI is InChI=1S/C21H28N4O3.C2H6.2CH2O/c1-14-4-15(9-22-8-14)5-16-6-21(7-16)12-25(13-21)20(27)24-3-2-18-17(10-24)23-19(26)11-28-18;3*1-2/h4,8-9,16-18H,2-3,5-7,10-13H2,1H3,(H,23,26);1-2H3;2*1H2/t17-,18+;;;/m1.../s1. The Balaban J connectivity index is 0.000000633. The molecule has 4 heterocycles. The second-order valence-corrected chi connectivity index (χ2v) is 9.25. The molecular formula is C25H38N4O5. The molecule has 9 heteroatoms. The third-order valence-corrected chi connectivity index (χ3v) is 6.82. The number of carbonyl (C=O) groups excluding carboxylic acids is 4. The molecule has 4 fully saturated rings. The van der Waals surface area contributed by atoms with Crippen molar-refractivity contribution in [1.29, 1.82) is 0 Å². The number of nitrogens with one attached hydrogen (secondary N) is 1. The van der Waals surface area contributed by atoms with Crippen LogP contribution in [-0.4, -0.2) is 85.2 Å². The van der Waals surface area contributed by atoms with Crippen molar-refractivity contribution in [1.82, 2.24) is 20.1 Å². The molecule has 2 atom stereocenters. The van der Waals surface area contributed by atoms with Gasteiger partial charge in [0.25, 0.3) is 0 Å². The van der Waals surface area contributed by atoms with Crippen LogP contribution in [0.4, 0.5) is 4.79 Å². The van der Waals surface area contributed by atoms with Crippen LogP contribution < -0.4 is 5.32 Å². The number of aryl methyl sites for hydroxylation is 1. The fraction of sp³-hybridized carbons (Fsp3) is 0.640. The van der Waals surface area contributed by atoms with E-state index >= 15 is 0 Å². The van der Waals surface area contributed by atoms with Crippen molar-refractivity contribution in [3.63, 3.8) is 0 Å². The summed E-state index contributed by atoms with van der Waals surface area (Å²) >= 11 is 0. The molecule has 4 aliphatic rings. The Morgan fingerprint density at radius 1 is 1.18 bits per heavy atom. The molecule has 34 heavy (non-hydrogen) atoms. The van der Waals surface area contributed by atoms with E-state index in [2.05, 4.69) is 23.3 Å². The molecule has 0 radical (unpaired) electrons. The van der Waals surface area contributed by atoms with Crippen LogP contribution in [0, 0.1) is 18.3 Å². The third-order valence-electron chi connectivity index (χ3n) is 6.82. The Hall–Kier alpha value is -2.81. The molecule has 0 aromatic carbocycles. The first-order valence-electron chi connectivity index (χ1n) is 11.9. The highest BCUT2D eigenvalue weighted by Crippen LogP contribution is 2.53. The number of morpholine rings is 1. The normalized spacial score (nSPS) is 24.3. The largest absolute Gasteiger partial charge is 0.366 e. The molecule has 5 rings (SSSR count). The van der Waals surface area contributed by atoms with E-state index in [0.29, 0.717) is 24.4 Å². The SMILES string of the molecule is C=O.C=O.CC.Cc1cncc(CC2CC3(C2)CN(C(=O)N2CC[C@@H]4OCC(=O)N[C@@H]4C2)C3)c1. The van der Waals surface area contributed by atoms with Gasteiger partial charge in [-0.3, -0.25) is 9.78 Å². The van der Waals surface area contributed by atoms with Gasteiger partial charge in [-0.1, -0.05) is 19.9 Å². The summed E-state index contributed by atoms with van der Waals surface area (Å²) in [5.74, 6) is 0.633. The maximum Gasteiger partial charge on any atom is 0.320 e. The topological polar surface area (TPSA) is 109 Å². The van der Waals surface area contributed by atoms with Crippen LogP contribution in [0.2, 0.25) is 0 Å². The second kappa shape index (κ2) is 12.6. The molecule has 9 nitrogen and oxygen atoms in total. The van der Waals surface area contributed by atoms with E-state index in [0.717, 1.165) is 25.9 Å². The summed E-state index contributed by atoms with van der Waals surface area (Å²) < 4.78 is 5.58. The minimum absolute atomic E-state index is 0.0491. The van der Waals surface area contributed by atoms with Gasteiger partial charge in [0.05, 0.1) is 12.1 Å². The van der Waals surface area contributed by atoms with Crippen molar-refractivity contribution >= 4 is 25.5 Å². The maximum absolute atomic E-state index is 12.9. The van der Waals surface area contributed by atoms with E-state index < -0.39 is 0 Å². The van der Waals surface area contributed by atoms with Crippen molar-refractivity contribution in [3.8, 4) is 0 Å². The van der Waals surface area contributed by atoms with Gasteiger partial charge in [-0.15, -0.1) is 0 Å². The van der Waals surface area contributed by atoms with Crippen LogP contribution >= 0.6 is 0 Å². The summed E-state index contributed by atoms with van der Waals surface area (Å²) in [4.78, 5) is 48.6. The lowest BCUT2D eigenvalue weighted by Crippen LogP contribution is -2.68. The van der Waals surface area contributed by atoms with Crippen molar-refractivity contribution in [3.05, 3.63) is 29.6 Å². The molecule has 188 valence electrons. The highest BCUT2D eigenvalue weighted by atomic mass is 16.5. The second-order valence-electron chi connectivity index (χ2n) is 9.25. The highest BCUT2D eigenvalue weighted by molar-refractivity contribution is 5.79. The number of aromatic nitrogens is 1. The summed E-state index contributed by atoms with van der Waals surface area (Å²) in [7, 11) is 0.